The van der Waals surface area contributed by atoms with Crippen molar-refractivity contribution in [2.75, 3.05) is 5.32 Å². The van der Waals surface area contributed by atoms with E-state index < -0.39 is 0 Å². The van der Waals surface area contributed by atoms with E-state index in [1.807, 2.05) is 0 Å². The minimum Gasteiger partial charge on any atom is -0.379 e. The molecular weight excluding hydrogens is 238 g/mol. The molecule has 1 aliphatic rings. The SMILES string of the molecule is CC1CCCCCC1Nc1cn[nH]c(=O)c1Cl. The van der Waals surface area contributed by atoms with Crippen LogP contribution in [-0.2, 0) is 0 Å². The average molecular weight is 256 g/mol. The molecule has 0 saturated heterocycles. The Morgan fingerprint density at radius 1 is 1.41 bits per heavy atom. The van der Waals surface area contributed by atoms with Crippen molar-refractivity contribution in [3.8, 4) is 0 Å². The van der Waals surface area contributed by atoms with E-state index in [1.54, 1.807) is 6.20 Å². The van der Waals surface area contributed by atoms with Gasteiger partial charge in [-0.2, -0.15) is 5.10 Å². The minimum absolute atomic E-state index is 0.205. The van der Waals surface area contributed by atoms with Crippen molar-refractivity contribution in [3.05, 3.63) is 21.6 Å². The van der Waals surface area contributed by atoms with Crippen LogP contribution in [0.4, 0.5) is 5.69 Å². The van der Waals surface area contributed by atoms with Crippen molar-refractivity contribution in [2.24, 2.45) is 5.92 Å². The lowest BCUT2D eigenvalue weighted by Gasteiger charge is -2.23. The molecule has 1 heterocycles. The normalized spacial score (nSPS) is 25.3. The van der Waals surface area contributed by atoms with Crippen LogP contribution >= 0.6 is 11.6 Å². The van der Waals surface area contributed by atoms with Crippen molar-refractivity contribution in [1.82, 2.24) is 10.2 Å². The summed E-state index contributed by atoms with van der Waals surface area (Å²) in [6, 6.07) is 0.388. The summed E-state index contributed by atoms with van der Waals surface area (Å²) in [7, 11) is 0. The summed E-state index contributed by atoms with van der Waals surface area (Å²) < 4.78 is 0. The average Bonchev–Trinajstić information content (AvgIpc) is 2.51. The zero-order chi connectivity index (χ0) is 12.3. The maximum Gasteiger partial charge on any atom is 0.285 e. The predicted molar refractivity (Wildman–Crippen MR) is 69.5 cm³/mol. The van der Waals surface area contributed by atoms with E-state index in [1.165, 1.54) is 25.7 Å². The van der Waals surface area contributed by atoms with E-state index in [2.05, 4.69) is 22.4 Å². The first-order valence-electron chi connectivity index (χ1n) is 6.18. The van der Waals surface area contributed by atoms with Crippen LogP contribution in [0.15, 0.2) is 11.0 Å². The van der Waals surface area contributed by atoms with Gasteiger partial charge in [-0.1, -0.05) is 37.8 Å². The Hall–Kier alpha value is -1.03. The number of nitrogens with one attached hydrogen (secondary N) is 2. The number of hydrogen-bond donors (Lipinski definition) is 2. The van der Waals surface area contributed by atoms with E-state index in [0.717, 1.165) is 6.42 Å². The Labute approximate surface area is 106 Å². The molecule has 1 aromatic heterocycles. The molecule has 2 unspecified atom stereocenters. The summed E-state index contributed by atoms with van der Waals surface area (Å²) >= 11 is 5.95. The molecule has 0 bridgehead atoms. The summed E-state index contributed by atoms with van der Waals surface area (Å²) in [6.07, 6.45) is 7.76. The lowest BCUT2D eigenvalue weighted by atomic mass is 9.97. The van der Waals surface area contributed by atoms with E-state index in [-0.39, 0.29) is 10.6 Å². The molecular formula is C12H18ClN3O. The monoisotopic (exact) mass is 255 g/mol. The first kappa shape index (κ1) is 12.4. The Morgan fingerprint density at radius 2 is 2.18 bits per heavy atom. The first-order valence-corrected chi connectivity index (χ1v) is 6.56. The second-order valence-corrected chi connectivity index (χ2v) is 5.17. The highest BCUT2D eigenvalue weighted by Crippen LogP contribution is 2.27. The molecule has 1 fully saturated rings. The van der Waals surface area contributed by atoms with E-state index in [9.17, 15) is 4.79 Å². The van der Waals surface area contributed by atoms with Crippen LogP contribution in [-0.4, -0.2) is 16.2 Å². The first-order chi connectivity index (χ1) is 8.18. The topological polar surface area (TPSA) is 57.8 Å². The standard InChI is InChI=1S/C12H18ClN3O/c1-8-5-3-2-4-6-9(8)15-10-7-14-16-12(17)11(10)13/h7-9H,2-6H2,1H3,(H2,15,16,17). The van der Waals surface area contributed by atoms with Crippen molar-refractivity contribution in [2.45, 2.75) is 45.1 Å². The molecule has 4 nitrogen and oxygen atoms in total. The highest BCUT2D eigenvalue weighted by molar-refractivity contribution is 6.32. The molecule has 2 rings (SSSR count). The molecule has 1 saturated carbocycles. The van der Waals surface area contributed by atoms with Gasteiger partial charge in [-0.25, -0.2) is 5.10 Å². The van der Waals surface area contributed by atoms with E-state index in [4.69, 9.17) is 11.6 Å². The van der Waals surface area contributed by atoms with Gasteiger partial charge < -0.3 is 5.32 Å². The van der Waals surface area contributed by atoms with Gasteiger partial charge >= 0.3 is 0 Å². The summed E-state index contributed by atoms with van der Waals surface area (Å²) in [5, 5.41) is 9.67. The van der Waals surface area contributed by atoms with E-state index in [0.29, 0.717) is 17.6 Å². The van der Waals surface area contributed by atoms with Crippen LogP contribution in [0.25, 0.3) is 0 Å². The summed E-state index contributed by atoms with van der Waals surface area (Å²) in [4.78, 5) is 11.3. The quantitative estimate of drug-likeness (QED) is 0.799. The third-order valence-electron chi connectivity index (χ3n) is 3.50. The lowest BCUT2D eigenvalue weighted by Crippen LogP contribution is -2.27. The van der Waals surface area contributed by atoms with Gasteiger partial charge in [-0.15, -0.1) is 0 Å². The minimum atomic E-state index is -0.335. The van der Waals surface area contributed by atoms with Gasteiger partial charge in [-0.3, -0.25) is 4.79 Å². The van der Waals surface area contributed by atoms with Crippen LogP contribution in [0.3, 0.4) is 0 Å². The maximum atomic E-state index is 11.3. The fourth-order valence-corrected chi connectivity index (χ4v) is 2.54. The van der Waals surface area contributed by atoms with Crippen LogP contribution < -0.4 is 10.9 Å². The molecule has 1 aromatic rings. The predicted octanol–water partition coefficient (Wildman–Crippen LogP) is 2.80. The fourth-order valence-electron chi connectivity index (χ4n) is 2.39. The van der Waals surface area contributed by atoms with Gasteiger partial charge in [-0.05, 0) is 18.8 Å². The van der Waals surface area contributed by atoms with Crippen LogP contribution in [0.5, 0.6) is 0 Å². The Bertz CT molecular complexity index is 432. The fraction of sp³-hybridized carbons (Fsp3) is 0.667. The molecule has 5 heteroatoms. The number of aromatic nitrogens is 2. The second kappa shape index (κ2) is 5.54. The Morgan fingerprint density at radius 3 is 3.00 bits per heavy atom. The third-order valence-corrected chi connectivity index (χ3v) is 3.87. The van der Waals surface area contributed by atoms with Gasteiger partial charge in [0.15, 0.2) is 0 Å². The number of halogens is 1. The molecule has 0 aliphatic heterocycles. The van der Waals surface area contributed by atoms with Gasteiger partial charge in [0.25, 0.3) is 5.56 Å². The van der Waals surface area contributed by atoms with Gasteiger partial charge in [0.1, 0.15) is 5.02 Å². The number of anilines is 1. The molecule has 94 valence electrons. The Balaban J connectivity index is 2.13. The third kappa shape index (κ3) is 3.00. The number of rotatable bonds is 2. The van der Waals surface area contributed by atoms with Gasteiger partial charge in [0, 0.05) is 6.04 Å². The van der Waals surface area contributed by atoms with Crippen LogP contribution in [0.1, 0.15) is 39.0 Å². The summed E-state index contributed by atoms with van der Waals surface area (Å²) in [5.41, 5.74) is 0.312. The summed E-state index contributed by atoms with van der Waals surface area (Å²) in [6.45, 7) is 2.25. The number of H-pyrrole nitrogens is 1. The smallest absolute Gasteiger partial charge is 0.285 e. The molecule has 0 aromatic carbocycles. The molecule has 17 heavy (non-hydrogen) atoms. The summed E-state index contributed by atoms with van der Waals surface area (Å²) in [5.74, 6) is 0.604. The number of aromatic amines is 1. The zero-order valence-corrected chi connectivity index (χ0v) is 10.8. The molecule has 2 atom stereocenters. The molecule has 1 aliphatic carbocycles. The van der Waals surface area contributed by atoms with Crippen LogP contribution in [0, 0.1) is 5.92 Å². The van der Waals surface area contributed by atoms with Crippen molar-refractivity contribution in [1.29, 1.82) is 0 Å². The van der Waals surface area contributed by atoms with Gasteiger partial charge in [0.05, 0.1) is 11.9 Å². The number of hydrogen-bond acceptors (Lipinski definition) is 3. The molecule has 0 amide bonds. The van der Waals surface area contributed by atoms with Gasteiger partial charge in [0.2, 0.25) is 0 Å². The van der Waals surface area contributed by atoms with Crippen molar-refractivity contribution < 1.29 is 0 Å². The van der Waals surface area contributed by atoms with Crippen molar-refractivity contribution >= 4 is 17.3 Å². The van der Waals surface area contributed by atoms with Crippen molar-refractivity contribution in [3.63, 3.8) is 0 Å². The molecule has 0 radical (unpaired) electrons. The van der Waals surface area contributed by atoms with E-state index >= 15 is 0 Å². The largest absolute Gasteiger partial charge is 0.379 e. The maximum absolute atomic E-state index is 11.3. The Kier molecular flexibility index (Phi) is 4.05. The zero-order valence-electron chi connectivity index (χ0n) is 10.0. The highest BCUT2D eigenvalue weighted by Gasteiger charge is 2.20. The van der Waals surface area contributed by atoms with Crippen LogP contribution in [0.2, 0.25) is 5.02 Å². The lowest BCUT2D eigenvalue weighted by molar-refractivity contribution is 0.456. The molecule has 2 N–H and O–H groups in total. The second-order valence-electron chi connectivity index (χ2n) is 4.79. The molecule has 0 spiro atoms. The number of nitrogens with zero attached hydrogens (tertiary/aromatic N) is 1. The highest BCUT2D eigenvalue weighted by atomic mass is 35.5.